The Morgan fingerprint density at radius 3 is 2.41 bits per heavy atom. The van der Waals surface area contributed by atoms with E-state index in [1.807, 2.05) is 30.3 Å². The van der Waals surface area contributed by atoms with E-state index in [1.54, 1.807) is 19.0 Å². The molecule has 120 valence electrons. The minimum atomic E-state index is 0.0428. The molecule has 1 aromatic rings. The number of nitrogens with one attached hydrogen (secondary N) is 1. The summed E-state index contributed by atoms with van der Waals surface area (Å²) in [6.45, 7) is 2.59. The van der Waals surface area contributed by atoms with Gasteiger partial charge in [0, 0.05) is 26.6 Å². The molecular formula is C17H25N3O2. The van der Waals surface area contributed by atoms with E-state index in [9.17, 15) is 9.59 Å². The highest BCUT2D eigenvalue weighted by Crippen LogP contribution is 2.18. The Morgan fingerprint density at radius 1 is 1.18 bits per heavy atom. The van der Waals surface area contributed by atoms with Crippen LogP contribution in [0.4, 0.5) is 0 Å². The van der Waals surface area contributed by atoms with Crippen LogP contribution in [0.3, 0.4) is 0 Å². The van der Waals surface area contributed by atoms with Crippen LogP contribution >= 0.6 is 0 Å². The van der Waals surface area contributed by atoms with Crippen molar-refractivity contribution in [3.05, 3.63) is 35.9 Å². The molecule has 1 aromatic carbocycles. The Morgan fingerprint density at radius 2 is 1.82 bits per heavy atom. The molecule has 0 atom stereocenters. The third kappa shape index (κ3) is 4.84. The van der Waals surface area contributed by atoms with Crippen LogP contribution in [0.15, 0.2) is 30.3 Å². The molecule has 0 unspecified atom stereocenters. The fourth-order valence-corrected chi connectivity index (χ4v) is 2.76. The smallest absolute Gasteiger partial charge is 0.234 e. The van der Waals surface area contributed by atoms with Crippen LogP contribution in [-0.2, 0) is 16.1 Å². The average Bonchev–Trinajstić information content (AvgIpc) is 2.54. The van der Waals surface area contributed by atoms with E-state index in [2.05, 4.69) is 10.2 Å². The summed E-state index contributed by atoms with van der Waals surface area (Å²) in [5, 5.41) is 2.94. The zero-order chi connectivity index (χ0) is 15.9. The monoisotopic (exact) mass is 303 g/mol. The van der Waals surface area contributed by atoms with Gasteiger partial charge in [-0.3, -0.25) is 14.5 Å². The third-order valence-corrected chi connectivity index (χ3v) is 4.08. The van der Waals surface area contributed by atoms with Crippen LogP contribution in [0.2, 0.25) is 0 Å². The summed E-state index contributed by atoms with van der Waals surface area (Å²) in [4.78, 5) is 27.7. The van der Waals surface area contributed by atoms with Gasteiger partial charge in [0.05, 0.1) is 6.54 Å². The SMILES string of the molecule is CN(C)C(=O)C1CCN(CC(=O)NCc2ccccc2)CC1. The third-order valence-electron chi connectivity index (χ3n) is 4.08. The van der Waals surface area contributed by atoms with Crippen LogP contribution < -0.4 is 5.32 Å². The zero-order valence-corrected chi connectivity index (χ0v) is 13.4. The van der Waals surface area contributed by atoms with Crippen molar-refractivity contribution in [1.29, 1.82) is 0 Å². The molecule has 0 saturated carbocycles. The van der Waals surface area contributed by atoms with E-state index >= 15 is 0 Å². The van der Waals surface area contributed by atoms with Gasteiger partial charge in [0.15, 0.2) is 0 Å². The number of carbonyl (C=O) groups excluding carboxylic acids is 2. The number of rotatable bonds is 5. The fraction of sp³-hybridized carbons (Fsp3) is 0.529. The highest BCUT2D eigenvalue weighted by atomic mass is 16.2. The average molecular weight is 303 g/mol. The molecule has 2 rings (SSSR count). The van der Waals surface area contributed by atoms with Gasteiger partial charge in [-0.15, -0.1) is 0 Å². The first-order chi connectivity index (χ1) is 10.6. The van der Waals surface area contributed by atoms with E-state index < -0.39 is 0 Å². The van der Waals surface area contributed by atoms with Gasteiger partial charge < -0.3 is 10.2 Å². The first kappa shape index (κ1) is 16.5. The van der Waals surface area contributed by atoms with Crippen molar-refractivity contribution in [3.63, 3.8) is 0 Å². The Bertz CT molecular complexity index is 494. The molecule has 0 spiro atoms. The van der Waals surface area contributed by atoms with Crippen molar-refractivity contribution in [3.8, 4) is 0 Å². The van der Waals surface area contributed by atoms with Crippen molar-refractivity contribution in [1.82, 2.24) is 15.1 Å². The van der Waals surface area contributed by atoms with E-state index in [0.717, 1.165) is 31.5 Å². The Balaban J connectivity index is 1.69. The predicted molar refractivity (Wildman–Crippen MR) is 86.1 cm³/mol. The summed E-state index contributed by atoms with van der Waals surface area (Å²) < 4.78 is 0. The standard InChI is InChI=1S/C17H25N3O2/c1-19(2)17(22)15-8-10-20(11-9-15)13-16(21)18-12-14-6-4-3-5-7-14/h3-7,15H,8-13H2,1-2H3,(H,18,21). The molecule has 0 aliphatic carbocycles. The minimum Gasteiger partial charge on any atom is -0.351 e. The summed E-state index contributed by atoms with van der Waals surface area (Å²) in [5.41, 5.74) is 1.10. The van der Waals surface area contributed by atoms with Crippen molar-refractivity contribution in [2.45, 2.75) is 19.4 Å². The van der Waals surface area contributed by atoms with Gasteiger partial charge in [-0.25, -0.2) is 0 Å². The molecule has 1 saturated heterocycles. The van der Waals surface area contributed by atoms with Gasteiger partial charge in [0.2, 0.25) is 11.8 Å². The van der Waals surface area contributed by atoms with Crippen molar-refractivity contribution in [2.24, 2.45) is 5.92 Å². The molecular weight excluding hydrogens is 278 g/mol. The van der Waals surface area contributed by atoms with E-state index in [0.29, 0.717) is 13.1 Å². The summed E-state index contributed by atoms with van der Waals surface area (Å²) >= 11 is 0. The van der Waals surface area contributed by atoms with Crippen LogP contribution in [0.25, 0.3) is 0 Å². The molecule has 0 radical (unpaired) electrons. The Hall–Kier alpha value is -1.88. The number of hydrogen-bond acceptors (Lipinski definition) is 3. The van der Waals surface area contributed by atoms with Crippen molar-refractivity contribution in [2.75, 3.05) is 33.7 Å². The first-order valence-corrected chi connectivity index (χ1v) is 7.80. The van der Waals surface area contributed by atoms with Crippen molar-refractivity contribution < 1.29 is 9.59 Å². The van der Waals surface area contributed by atoms with E-state index in [-0.39, 0.29) is 17.7 Å². The molecule has 0 aromatic heterocycles. The lowest BCUT2D eigenvalue weighted by molar-refractivity contribution is -0.134. The zero-order valence-electron chi connectivity index (χ0n) is 13.4. The molecule has 1 N–H and O–H groups in total. The fourth-order valence-electron chi connectivity index (χ4n) is 2.76. The van der Waals surface area contributed by atoms with Crippen LogP contribution in [-0.4, -0.2) is 55.3 Å². The Labute approximate surface area is 132 Å². The summed E-state index contributed by atoms with van der Waals surface area (Å²) in [5.74, 6) is 0.355. The lowest BCUT2D eigenvalue weighted by Crippen LogP contribution is -2.44. The highest BCUT2D eigenvalue weighted by Gasteiger charge is 2.26. The van der Waals surface area contributed by atoms with Gasteiger partial charge in [0.1, 0.15) is 0 Å². The maximum absolute atomic E-state index is 12.0. The maximum Gasteiger partial charge on any atom is 0.234 e. The van der Waals surface area contributed by atoms with Gasteiger partial charge in [-0.05, 0) is 31.5 Å². The maximum atomic E-state index is 12.0. The van der Waals surface area contributed by atoms with E-state index in [4.69, 9.17) is 0 Å². The van der Waals surface area contributed by atoms with Crippen molar-refractivity contribution >= 4 is 11.8 Å². The number of piperidine rings is 1. The second kappa shape index (κ2) is 7.94. The minimum absolute atomic E-state index is 0.0428. The number of nitrogens with zero attached hydrogens (tertiary/aromatic N) is 2. The highest BCUT2D eigenvalue weighted by molar-refractivity contribution is 5.79. The summed E-state index contributed by atoms with van der Waals surface area (Å²) in [6, 6.07) is 9.89. The van der Waals surface area contributed by atoms with Gasteiger partial charge >= 0.3 is 0 Å². The number of hydrogen-bond donors (Lipinski definition) is 1. The van der Waals surface area contributed by atoms with Gasteiger partial charge in [-0.1, -0.05) is 30.3 Å². The second-order valence-electron chi connectivity index (χ2n) is 6.05. The molecule has 0 bridgehead atoms. The van der Waals surface area contributed by atoms with Gasteiger partial charge in [-0.2, -0.15) is 0 Å². The topological polar surface area (TPSA) is 52.7 Å². The number of benzene rings is 1. The summed E-state index contributed by atoms with van der Waals surface area (Å²) in [7, 11) is 3.59. The lowest BCUT2D eigenvalue weighted by Gasteiger charge is -2.31. The molecule has 5 heteroatoms. The van der Waals surface area contributed by atoms with Gasteiger partial charge in [0.25, 0.3) is 0 Å². The number of amides is 2. The normalized spacial score (nSPS) is 16.3. The lowest BCUT2D eigenvalue weighted by atomic mass is 9.95. The predicted octanol–water partition coefficient (Wildman–Crippen LogP) is 1.10. The number of likely N-dealkylation sites (tertiary alicyclic amines) is 1. The van der Waals surface area contributed by atoms with E-state index in [1.165, 1.54) is 0 Å². The molecule has 5 nitrogen and oxygen atoms in total. The molecule has 1 aliphatic heterocycles. The van der Waals surface area contributed by atoms with Crippen LogP contribution in [0.1, 0.15) is 18.4 Å². The first-order valence-electron chi connectivity index (χ1n) is 7.80. The van der Waals surface area contributed by atoms with Crippen LogP contribution in [0, 0.1) is 5.92 Å². The summed E-state index contributed by atoms with van der Waals surface area (Å²) in [6.07, 6.45) is 1.67. The molecule has 1 aliphatic rings. The molecule has 22 heavy (non-hydrogen) atoms. The molecule has 1 fully saturated rings. The van der Waals surface area contributed by atoms with Crippen LogP contribution in [0.5, 0.6) is 0 Å². The largest absolute Gasteiger partial charge is 0.351 e. The second-order valence-corrected chi connectivity index (χ2v) is 6.05. The number of carbonyl (C=O) groups is 2. The molecule has 2 amide bonds. The quantitative estimate of drug-likeness (QED) is 0.886. The Kier molecular flexibility index (Phi) is 5.95. The molecule has 1 heterocycles.